The standard InChI is InChI=1S/C70H110O6/c1-4-7-10-13-16-18-20-22-24-26-28-30-31-32-33-34-35-36-37-38-39-41-42-44-46-48-50-52-54-57-60-63-69(72)75-66-67(65-74-68(71)62-59-56-15-12-9-6-3)76-70(73)64-61-58-55-53-51-49-47-45-43-40-29-27-25-23-21-19-17-14-11-8-5-2/h7-8,10-11,16-19,22-25,28-30,32-33,35-36,38-40,45,47,51,53,67H,4-6,9,12-15,20-21,26-27,31,34,37,41-44,46,48-50,52,54-66H2,1-3H3/b10-7-,11-8-,18-16-,19-17-,24-22-,25-23-,30-28-,33-32-,36-35-,39-38-,40-29-,47-45-,53-51-. The van der Waals surface area contributed by atoms with Crippen molar-refractivity contribution >= 4 is 17.9 Å². The number of ether oxygens (including phenoxy) is 3. The van der Waals surface area contributed by atoms with Gasteiger partial charge in [0.05, 0.1) is 0 Å². The Bertz CT molecular complexity index is 1720. The van der Waals surface area contributed by atoms with Crippen LogP contribution >= 0.6 is 0 Å². The van der Waals surface area contributed by atoms with Crippen molar-refractivity contribution in [1.82, 2.24) is 0 Å². The van der Waals surface area contributed by atoms with E-state index in [2.05, 4.69) is 179 Å². The number of rotatable bonds is 53. The van der Waals surface area contributed by atoms with E-state index in [1.54, 1.807) is 0 Å². The molecule has 0 spiro atoms. The highest BCUT2D eigenvalue weighted by Crippen LogP contribution is 2.14. The van der Waals surface area contributed by atoms with Crippen LogP contribution in [-0.4, -0.2) is 37.2 Å². The van der Waals surface area contributed by atoms with Crippen molar-refractivity contribution < 1.29 is 28.6 Å². The lowest BCUT2D eigenvalue weighted by molar-refractivity contribution is -0.167. The predicted molar refractivity (Wildman–Crippen MR) is 329 cm³/mol. The van der Waals surface area contributed by atoms with Gasteiger partial charge in [-0.25, -0.2) is 0 Å². The van der Waals surface area contributed by atoms with Crippen LogP contribution in [0.2, 0.25) is 0 Å². The van der Waals surface area contributed by atoms with E-state index < -0.39 is 6.10 Å². The molecule has 76 heavy (non-hydrogen) atoms. The molecule has 0 aromatic rings. The highest BCUT2D eigenvalue weighted by atomic mass is 16.6. The number of esters is 3. The van der Waals surface area contributed by atoms with Crippen molar-refractivity contribution in [2.75, 3.05) is 13.2 Å². The lowest BCUT2D eigenvalue weighted by atomic mass is 10.1. The minimum absolute atomic E-state index is 0.103. The van der Waals surface area contributed by atoms with Crippen LogP contribution in [0.1, 0.15) is 245 Å². The summed E-state index contributed by atoms with van der Waals surface area (Å²) in [6.07, 6.45) is 91.3. The molecule has 1 unspecified atom stereocenters. The summed E-state index contributed by atoms with van der Waals surface area (Å²) >= 11 is 0. The first-order valence-electron chi connectivity index (χ1n) is 30.5. The highest BCUT2D eigenvalue weighted by Gasteiger charge is 2.19. The Morgan fingerprint density at radius 1 is 0.276 bits per heavy atom. The average Bonchev–Trinajstić information content (AvgIpc) is 3.42. The third-order valence-electron chi connectivity index (χ3n) is 12.3. The minimum Gasteiger partial charge on any atom is -0.462 e. The number of carbonyl (C=O) groups is 3. The predicted octanol–water partition coefficient (Wildman–Crippen LogP) is 20.9. The van der Waals surface area contributed by atoms with E-state index in [1.807, 2.05) is 0 Å². The zero-order valence-corrected chi connectivity index (χ0v) is 48.7. The Morgan fingerprint density at radius 2 is 0.513 bits per heavy atom. The van der Waals surface area contributed by atoms with Crippen molar-refractivity contribution in [3.8, 4) is 0 Å². The lowest BCUT2D eigenvalue weighted by Gasteiger charge is -2.18. The fourth-order valence-corrected chi connectivity index (χ4v) is 7.78. The summed E-state index contributed by atoms with van der Waals surface area (Å²) in [5.74, 6) is -0.970. The molecule has 426 valence electrons. The number of hydrogen-bond acceptors (Lipinski definition) is 6. The summed E-state index contributed by atoms with van der Waals surface area (Å²) in [6, 6.07) is 0. The Kier molecular flexibility index (Phi) is 58.5. The van der Waals surface area contributed by atoms with Gasteiger partial charge >= 0.3 is 17.9 Å². The van der Waals surface area contributed by atoms with Gasteiger partial charge in [-0.3, -0.25) is 14.4 Å². The zero-order chi connectivity index (χ0) is 55.0. The zero-order valence-electron chi connectivity index (χ0n) is 48.7. The van der Waals surface area contributed by atoms with Gasteiger partial charge in [-0.2, -0.15) is 0 Å². The van der Waals surface area contributed by atoms with E-state index in [1.165, 1.54) is 57.8 Å². The second-order valence-electron chi connectivity index (χ2n) is 19.5. The molecule has 0 radical (unpaired) electrons. The monoisotopic (exact) mass is 1050 g/mol. The van der Waals surface area contributed by atoms with Crippen LogP contribution < -0.4 is 0 Å². The molecule has 0 aliphatic heterocycles. The third kappa shape index (κ3) is 59.9. The average molecular weight is 1050 g/mol. The van der Waals surface area contributed by atoms with Crippen LogP contribution in [0.4, 0.5) is 0 Å². The molecular formula is C70H110O6. The van der Waals surface area contributed by atoms with Gasteiger partial charge in [-0.05, 0) is 128 Å². The van der Waals surface area contributed by atoms with Gasteiger partial charge in [0.15, 0.2) is 6.10 Å². The van der Waals surface area contributed by atoms with E-state index in [-0.39, 0.29) is 37.5 Å². The molecule has 0 bridgehead atoms. The van der Waals surface area contributed by atoms with Gasteiger partial charge in [-0.1, -0.05) is 256 Å². The van der Waals surface area contributed by atoms with Crippen LogP contribution in [0.5, 0.6) is 0 Å². The van der Waals surface area contributed by atoms with E-state index in [4.69, 9.17) is 14.2 Å². The highest BCUT2D eigenvalue weighted by molar-refractivity contribution is 5.71. The first kappa shape index (κ1) is 71.0. The molecule has 0 aliphatic carbocycles. The van der Waals surface area contributed by atoms with Crippen molar-refractivity contribution in [1.29, 1.82) is 0 Å². The molecule has 0 aromatic heterocycles. The summed E-state index contributed by atoms with van der Waals surface area (Å²) < 4.78 is 16.7. The summed E-state index contributed by atoms with van der Waals surface area (Å²) in [7, 11) is 0. The fraction of sp³-hybridized carbons (Fsp3) is 0.586. The molecule has 0 saturated heterocycles. The van der Waals surface area contributed by atoms with Crippen LogP contribution in [0.25, 0.3) is 0 Å². The van der Waals surface area contributed by atoms with Gasteiger partial charge in [0.25, 0.3) is 0 Å². The van der Waals surface area contributed by atoms with Gasteiger partial charge < -0.3 is 14.2 Å². The van der Waals surface area contributed by atoms with Crippen LogP contribution in [0, 0.1) is 0 Å². The van der Waals surface area contributed by atoms with Gasteiger partial charge in [0, 0.05) is 19.3 Å². The van der Waals surface area contributed by atoms with Crippen LogP contribution in [0.3, 0.4) is 0 Å². The summed E-state index contributed by atoms with van der Waals surface area (Å²) in [4.78, 5) is 37.9. The summed E-state index contributed by atoms with van der Waals surface area (Å²) in [6.45, 7) is 6.29. The molecular weight excluding hydrogens is 937 g/mol. The minimum atomic E-state index is -0.808. The molecule has 1 atom stereocenters. The van der Waals surface area contributed by atoms with E-state index in [0.717, 1.165) is 141 Å². The molecule has 0 amide bonds. The SMILES string of the molecule is CC/C=C\C/C=C\C/C=C\C/C=C\C/C=C\C/C=C\C/C=C\CCCCCCCCCCCC(=O)OCC(COC(=O)CCCCCCCC)OC(=O)CCCC/C=C\C/C=C\C/C=C\C/C=C\C/C=C\C/C=C\CC. The molecule has 0 rings (SSSR count). The number of hydrogen-bond donors (Lipinski definition) is 0. The summed E-state index contributed by atoms with van der Waals surface area (Å²) in [5.41, 5.74) is 0. The van der Waals surface area contributed by atoms with E-state index in [9.17, 15) is 14.4 Å². The maximum atomic E-state index is 12.8. The van der Waals surface area contributed by atoms with Gasteiger partial charge in [0.2, 0.25) is 0 Å². The largest absolute Gasteiger partial charge is 0.462 e. The molecule has 6 heteroatoms. The second kappa shape index (κ2) is 62.6. The Labute approximate surface area is 467 Å². The van der Waals surface area contributed by atoms with Crippen molar-refractivity contribution in [2.24, 2.45) is 0 Å². The first-order chi connectivity index (χ1) is 37.5. The van der Waals surface area contributed by atoms with Gasteiger partial charge in [-0.15, -0.1) is 0 Å². The normalized spacial score (nSPS) is 13.2. The molecule has 0 aliphatic rings. The van der Waals surface area contributed by atoms with Crippen molar-refractivity contribution in [3.05, 3.63) is 158 Å². The molecule has 0 aromatic carbocycles. The van der Waals surface area contributed by atoms with Crippen LogP contribution in [-0.2, 0) is 28.6 Å². The molecule has 6 nitrogen and oxygen atoms in total. The topological polar surface area (TPSA) is 78.9 Å². The molecule has 0 saturated carbocycles. The lowest BCUT2D eigenvalue weighted by Crippen LogP contribution is -2.30. The van der Waals surface area contributed by atoms with Crippen molar-refractivity contribution in [2.45, 2.75) is 252 Å². The summed E-state index contributed by atoms with van der Waals surface area (Å²) in [5, 5.41) is 0. The molecule has 0 heterocycles. The van der Waals surface area contributed by atoms with Crippen molar-refractivity contribution in [3.63, 3.8) is 0 Å². The molecule has 0 fully saturated rings. The number of unbranched alkanes of at least 4 members (excludes halogenated alkanes) is 16. The quantitative estimate of drug-likeness (QED) is 0.0261. The maximum Gasteiger partial charge on any atom is 0.306 e. The third-order valence-corrected chi connectivity index (χ3v) is 12.3. The number of allylic oxidation sites excluding steroid dienone is 26. The van der Waals surface area contributed by atoms with E-state index >= 15 is 0 Å². The maximum absolute atomic E-state index is 12.8. The molecule has 0 N–H and O–H groups in total. The van der Waals surface area contributed by atoms with E-state index in [0.29, 0.717) is 19.3 Å². The second-order valence-corrected chi connectivity index (χ2v) is 19.5. The number of carbonyl (C=O) groups excluding carboxylic acids is 3. The smallest absolute Gasteiger partial charge is 0.306 e. The first-order valence-corrected chi connectivity index (χ1v) is 30.5. The fourth-order valence-electron chi connectivity index (χ4n) is 7.78. The van der Waals surface area contributed by atoms with Crippen LogP contribution in [0.15, 0.2) is 158 Å². The Hall–Kier alpha value is -4.97. The van der Waals surface area contributed by atoms with Gasteiger partial charge in [0.1, 0.15) is 13.2 Å². The Balaban J connectivity index is 4.22. The Morgan fingerprint density at radius 3 is 0.829 bits per heavy atom.